The number of benzene rings is 1. The topological polar surface area (TPSA) is 64.6 Å². The maximum Gasteiger partial charge on any atom is 0.241 e. The Kier molecular flexibility index (Phi) is 6.04. The molecule has 5 nitrogen and oxygen atoms in total. The van der Waals surface area contributed by atoms with Crippen LogP contribution in [0.5, 0.6) is 11.5 Å². The standard InChI is InChI=1S/C15H25NO4S/c1-6-15(4,5)16-21(17,18)12-9-10-13(19-7-2)14(11-12)20-8-3/h9-11,16H,6-8H2,1-5H3. The van der Waals surface area contributed by atoms with Gasteiger partial charge in [0.15, 0.2) is 11.5 Å². The van der Waals surface area contributed by atoms with Crippen LogP contribution in [0.15, 0.2) is 23.1 Å². The Hall–Kier alpha value is -1.27. The minimum Gasteiger partial charge on any atom is -0.490 e. The molecule has 0 amide bonds. The van der Waals surface area contributed by atoms with Crippen molar-refractivity contribution in [2.45, 2.75) is 51.5 Å². The van der Waals surface area contributed by atoms with Crippen LogP contribution in [0.3, 0.4) is 0 Å². The predicted octanol–water partition coefficient (Wildman–Crippen LogP) is 2.95. The number of rotatable bonds is 8. The van der Waals surface area contributed by atoms with Crippen LogP contribution in [-0.2, 0) is 10.0 Å². The average Bonchev–Trinajstić information content (AvgIpc) is 2.40. The Morgan fingerprint density at radius 1 is 1.05 bits per heavy atom. The highest BCUT2D eigenvalue weighted by Gasteiger charge is 2.25. The van der Waals surface area contributed by atoms with Gasteiger partial charge in [0.1, 0.15) is 0 Å². The van der Waals surface area contributed by atoms with Crippen LogP contribution in [0.2, 0.25) is 0 Å². The minimum atomic E-state index is -3.59. The van der Waals surface area contributed by atoms with Gasteiger partial charge in [0.25, 0.3) is 0 Å². The summed E-state index contributed by atoms with van der Waals surface area (Å²) in [7, 11) is -3.59. The highest BCUT2D eigenvalue weighted by Crippen LogP contribution is 2.30. The zero-order valence-corrected chi connectivity index (χ0v) is 14.2. The largest absolute Gasteiger partial charge is 0.490 e. The molecule has 0 radical (unpaired) electrons. The molecule has 0 heterocycles. The summed E-state index contributed by atoms with van der Waals surface area (Å²) in [6.45, 7) is 10.3. The quantitative estimate of drug-likeness (QED) is 0.801. The molecule has 120 valence electrons. The second-order valence-corrected chi connectivity index (χ2v) is 7.00. The van der Waals surface area contributed by atoms with Crippen molar-refractivity contribution in [3.05, 3.63) is 18.2 Å². The van der Waals surface area contributed by atoms with Crippen molar-refractivity contribution < 1.29 is 17.9 Å². The van der Waals surface area contributed by atoms with Crippen molar-refractivity contribution in [3.63, 3.8) is 0 Å². The molecular weight excluding hydrogens is 290 g/mol. The highest BCUT2D eigenvalue weighted by molar-refractivity contribution is 7.89. The summed E-state index contributed by atoms with van der Waals surface area (Å²) < 4.78 is 38.4. The van der Waals surface area contributed by atoms with Crippen LogP contribution in [0.25, 0.3) is 0 Å². The second kappa shape index (κ2) is 7.13. The van der Waals surface area contributed by atoms with Gasteiger partial charge >= 0.3 is 0 Å². The maximum atomic E-state index is 12.4. The molecule has 1 aromatic carbocycles. The van der Waals surface area contributed by atoms with E-state index in [-0.39, 0.29) is 4.90 Å². The molecule has 1 rings (SSSR count). The second-order valence-electron chi connectivity index (χ2n) is 5.32. The molecular formula is C15H25NO4S. The predicted molar refractivity (Wildman–Crippen MR) is 83.5 cm³/mol. The molecule has 6 heteroatoms. The molecule has 0 atom stereocenters. The van der Waals surface area contributed by atoms with E-state index in [4.69, 9.17) is 9.47 Å². The first-order chi connectivity index (χ1) is 9.75. The van der Waals surface area contributed by atoms with Crippen LogP contribution in [-0.4, -0.2) is 27.2 Å². The van der Waals surface area contributed by atoms with Gasteiger partial charge in [-0.05, 0) is 46.2 Å². The lowest BCUT2D eigenvalue weighted by molar-refractivity contribution is 0.287. The van der Waals surface area contributed by atoms with E-state index in [0.29, 0.717) is 31.1 Å². The highest BCUT2D eigenvalue weighted by atomic mass is 32.2. The lowest BCUT2D eigenvalue weighted by Crippen LogP contribution is -2.42. The lowest BCUT2D eigenvalue weighted by Gasteiger charge is -2.24. The molecule has 0 aliphatic heterocycles. The van der Waals surface area contributed by atoms with Gasteiger partial charge in [-0.15, -0.1) is 0 Å². The number of hydrogen-bond acceptors (Lipinski definition) is 4. The molecule has 0 aromatic heterocycles. The number of nitrogens with one attached hydrogen (secondary N) is 1. The molecule has 0 aliphatic rings. The van der Waals surface area contributed by atoms with Crippen LogP contribution in [0.4, 0.5) is 0 Å². The maximum absolute atomic E-state index is 12.4. The number of ether oxygens (including phenoxy) is 2. The summed E-state index contributed by atoms with van der Waals surface area (Å²) >= 11 is 0. The third-order valence-corrected chi connectivity index (χ3v) is 4.82. The fourth-order valence-corrected chi connectivity index (χ4v) is 3.19. The van der Waals surface area contributed by atoms with Crippen LogP contribution >= 0.6 is 0 Å². The number of hydrogen-bond donors (Lipinski definition) is 1. The van der Waals surface area contributed by atoms with E-state index in [1.807, 2.05) is 34.6 Å². The molecule has 0 aliphatic carbocycles. The van der Waals surface area contributed by atoms with Gasteiger partial charge in [-0.3, -0.25) is 0 Å². The molecule has 1 aromatic rings. The van der Waals surface area contributed by atoms with E-state index < -0.39 is 15.6 Å². The summed E-state index contributed by atoms with van der Waals surface area (Å²) in [6.07, 6.45) is 0.696. The Morgan fingerprint density at radius 2 is 1.62 bits per heavy atom. The lowest BCUT2D eigenvalue weighted by atomic mass is 10.0. The van der Waals surface area contributed by atoms with Crippen molar-refractivity contribution in [3.8, 4) is 11.5 Å². The first kappa shape index (κ1) is 17.8. The minimum absolute atomic E-state index is 0.177. The van der Waals surface area contributed by atoms with Gasteiger partial charge in [0.05, 0.1) is 18.1 Å². The fourth-order valence-electron chi connectivity index (χ4n) is 1.69. The Bertz CT molecular complexity index is 567. The molecule has 21 heavy (non-hydrogen) atoms. The zero-order valence-electron chi connectivity index (χ0n) is 13.4. The first-order valence-corrected chi connectivity index (χ1v) is 8.67. The van der Waals surface area contributed by atoms with Crippen molar-refractivity contribution in [2.75, 3.05) is 13.2 Å². The van der Waals surface area contributed by atoms with Gasteiger partial charge in [0, 0.05) is 11.6 Å². The molecule has 0 bridgehead atoms. The van der Waals surface area contributed by atoms with Crippen LogP contribution < -0.4 is 14.2 Å². The van der Waals surface area contributed by atoms with Crippen molar-refractivity contribution >= 4 is 10.0 Å². The molecule has 0 fully saturated rings. The Balaban J connectivity index is 3.15. The van der Waals surface area contributed by atoms with Gasteiger partial charge in [-0.25, -0.2) is 13.1 Å². The van der Waals surface area contributed by atoms with Gasteiger partial charge in [-0.1, -0.05) is 6.92 Å². The number of sulfonamides is 1. The summed E-state index contributed by atoms with van der Waals surface area (Å²) in [5, 5.41) is 0. The third-order valence-electron chi connectivity index (χ3n) is 3.12. The van der Waals surface area contributed by atoms with E-state index in [1.54, 1.807) is 6.07 Å². The Labute approximate surface area is 127 Å². The van der Waals surface area contributed by atoms with Crippen molar-refractivity contribution in [1.29, 1.82) is 0 Å². The molecule has 0 saturated carbocycles. The molecule has 1 N–H and O–H groups in total. The SMILES string of the molecule is CCOc1ccc(S(=O)(=O)NC(C)(C)CC)cc1OCC. The van der Waals surface area contributed by atoms with Crippen molar-refractivity contribution in [1.82, 2.24) is 4.72 Å². The normalized spacial score (nSPS) is 12.2. The van der Waals surface area contributed by atoms with E-state index >= 15 is 0 Å². The molecule has 0 saturated heterocycles. The van der Waals surface area contributed by atoms with Crippen molar-refractivity contribution in [2.24, 2.45) is 0 Å². The van der Waals surface area contributed by atoms with E-state index in [1.165, 1.54) is 12.1 Å². The zero-order chi connectivity index (χ0) is 16.1. The monoisotopic (exact) mass is 315 g/mol. The summed E-state index contributed by atoms with van der Waals surface area (Å²) in [6, 6.07) is 4.66. The van der Waals surface area contributed by atoms with Crippen LogP contribution in [0, 0.1) is 0 Å². The van der Waals surface area contributed by atoms with Gasteiger partial charge in [-0.2, -0.15) is 0 Å². The van der Waals surface area contributed by atoms with E-state index in [0.717, 1.165) is 0 Å². The Morgan fingerprint density at radius 3 is 2.14 bits per heavy atom. The summed E-state index contributed by atoms with van der Waals surface area (Å²) in [5.41, 5.74) is -0.497. The van der Waals surface area contributed by atoms with Crippen LogP contribution in [0.1, 0.15) is 41.0 Å². The smallest absolute Gasteiger partial charge is 0.241 e. The van der Waals surface area contributed by atoms with E-state index in [9.17, 15) is 8.42 Å². The fraction of sp³-hybridized carbons (Fsp3) is 0.600. The average molecular weight is 315 g/mol. The summed E-state index contributed by atoms with van der Waals surface area (Å²) in [5.74, 6) is 0.990. The van der Waals surface area contributed by atoms with Gasteiger partial charge in [0.2, 0.25) is 10.0 Å². The summed E-state index contributed by atoms with van der Waals surface area (Å²) in [4.78, 5) is 0.177. The third kappa shape index (κ3) is 4.89. The van der Waals surface area contributed by atoms with Gasteiger partial charge < -0.3 is 9.47 Å². The van der Waals surface area contributed by atoms with E-state index in [2.05, 4.69) is 4.72 Å². The molecule has 0 unspecified atom stereocenters. The molecule has 0 spiro atoms. The first-order valence-electron chi connectivity index (χ1n) is 7.19.